The van der Waals surface area contributed by atoms with Crippen molar-refractivity contribution in [3.63, 3.8) is 0 Å². The number of hydrogen-bond donors (Lipinski definition) is 0. The molecule has 6 nitrogen and oxygen atoms in total. The molecule has 0 amide bonds. The zero-order valence-electron chi connectivity index (χ0n) is 40.6. The molecule has 16 aromatic rings. The van der Waals surface area contributed by atoms with Crippen molar-refractivity contribution < 1.29 is 8.83 Å². The van der Waals surface area contributed by atoms with Gasteiger partial charge in [0.1, 0.15) is 22.3 Å². The first kappa shape index (κ1) is 42.5. The van der Waals surface area contributed by atoms with E-state index in [1.165, 1.54) is 53.1 Å². The lowest BCUT2D eigenvalue weighted by Crippen LogP contribution is -2.00. The van der Waals surface area contributed by atoms with Gasteiger partial charge in [0.2, 0.25) is 0 Å². The van der Waals surface area contributed by atoms with E-state index in [1.807, 2.05) is 72.0 Å². The van der Waals surface area contributed by atoms with Gasteiger partial charge in [0, 0.05) is 74.9 Å². The summed E-state index contributed by atoms with van der Waals surface area (Å²) in [4.78, 5) is 15.8. The van der Waals surface area contributed by atoms with Gasteiger partial charge in [-0.25, -0.2) is 15.0 Å². The number of aromatic nitrogens is 4. The topological polar surface area (TPSA) is 69.9 Å². The minimum absolute atomic E-state index is 0.545. The summed E-state index contributed by atoms with van der Waals surface area (Å²) in [6.45, 7) is 0. The van der Waals surface area contributed by atoms with Crippen LogP contribution in [-0.4, -0.2) is 19.5 Å². The molecule has 0 aliphatic rings. The van der Waals surface area contributed by atoms with Gasteiger partial charge in [-0.05, 0) is 118 Å². The highest BCUT2D eigenvalue weighted by Gasteiger charge is 2.22. The van der Waals surface area contributed by atoms with Crippen LogP contribution in [0.25, 0.3) is 159 Å². The first-order chi connectivity index (χ1) is 37.6. The zero-order valence-corrected chi connectivity index (χ0v) is 41.4. The molecule has 0 unspecified atom stereocenters. The van der Waals surface area contributed by atoms with Gasteiger partial charge in [-0.3, -0.25) is 0 Å². The van der Waals surface area contributed by atoms with E-state index in [-0.39, 0.29) is 0 Å². The van der Waals surface area contributed by atoms with E-state index in [2.05, 4.69) is 187 Å². The molecule has 0 fully saturated rings. The molecule has 5 heterocycles. The number of rotatable bonds is 7. The number of furan rings is 2. The van der Waals surface area contributed by atoms with Crippen LogP contribution in [0.15, 0.2) is 251 Å². The molecule has 5 aromatic heterocycles. The second-order valence-corrected chi connectivity index (χ2v) is 20.5. The lowest BCUT2D eigenvalue weighted by atomic mass is 9.96. The number of benzene rings is 11. The second kappa shape index (κ2) is 16.8. The van der Waals surface area contributed by atoms with Crippen molar-refractivity contribution in [2.24, 2.45) is 0 Å². The molecule has 0 spiro atoms. The van der Waals surface area contributed by atoms with Crippen molar-refractivity contribution in [3.8, 4) is 73.2 Å². The third-order valence-corrected chi connectivity index (χ3v) is 16.2. The zero-order chi connectivity index (χ0) is 49.8. The Kier molecular flexibility index (Phi) is 9.40. The summed E-state index contributed by atoms with van der Waals surface area (Å²) >= 11 is 1.84. The van der Waals surface area contributed by atoms with Gasteiger partial charge in [0.15, 0.2) is 17.5 Å². The third-order valence-electron chi connectivity index (χ3n) is 15.1. The van der Waals surface area contributed by atoms with Crippen LogP contribution in [0.1, 0.15) is 0 Å². The van der Waals surface area contributed by atoms with E-state index in [0.717, 1.165) is 88.5 Å². The van der Waals surface area contributed by atoms with Crippen molar-refractivity contribution in [1.29, 1.82) is 0 Å². The molecule has 16 rings (SSSR count). The summed E-state index contributed by atoms with van der Waals surface area (Å²) < 4.78 is 18.1. The molecular weight excluding hydrogens is 949 g/mol. The van der Waals surface area contributed by atoms with Gasteiger partial charge >= 0.3 is 0 Å². The van der Waals surface area contributed by atoms with Crippen molar-refractivity contribution in [1.82, 2.24) is 19.5 Å². The molecule has 76 heavy (non-hydrogen) atoms. The van der Waals surface area contributed by atoms with E-state index >= 15 is 0 Å². The Hall–Kier alpha value is -9.95. The SMILES string of the molecule is c1ccc(-c2nc(-c3cc(-c4ccccc4)c4c(c3)oc3ccccc34)nc(-c3cccc4oc5ccc(-c6ccc7sc8cccc(-c9ccc%10c(c9)c9ccccc9n%10-c9ccccc9)c8c7c6)cc5c34)n2)cc1. The van der Waals surface area contributed by atoms with Crippen LogP contribution >= 0.6 is 11.3 Å². The fourth-order valence-corrected chi connectivity index (χ4v) is 12.7. The Balaban J connectivity index is 0.846. The molecule has 0 bridgehead atoms. The van der Waals surface area contributed by atoms with E-state index in [9.17, 15) is 0 Å². The van der Waals surface area contributed by atoms with Crippen molar-refractivity contribution >= 4 is 97.2 Å². The Labute approximate surface area is 439 Å². The molecule has 0 saturated carbocycles. The molecular formula is C69H40N4O2S. The van der Waals surface area contributed by atoms with Gasteiger partial charge in [0.25, 0.3) is 0 Å². The number of nitrogens with zero attached hydrogens (tertiary/aromatic N) is 4. The van der Waals surface area contributed by atoms with E-state index in [0.29, 0.717) is 17.5 Å². The lowest BCUT2D eigenvalue weighted by Gasteiger charge is -2.11. The monoisotopic (exact) mass is 988 g/mol. The molecule has 0 atom stereocenters. The first-order valence-corrected chi connectivity index (χ1v) is 26.3. The molecule has 0 N–H and O–H groups in total. The smallest absolute Gasteiger partial charge is 0.164 e. The fraction of sp³-hybridized carbons (Fsp3) is 0. The first-order valence-electron chi connectivity index (χ1n) is 25.5. The number of para-hydroxylation sites is 3. The van der Waals surface area contributed by atoms with Crippen LogP contribution in [0.3, 0.4) is 0 Å². The number of hydrogen-bond acceptors (Lipinski definition) is 6. The average molecular weight is 989 g/mol. The van der Waals surface area contributed by atoms with Crippen LogP contribution in [0.2, 0.25) is 0 Å². The molecule has 0 aliphatic heterocycles. The summed E-state index contributed by atoms with van der Waals surface area (Å²) in [6.07, 6.45) is 0. The van der Waals surface area contributed by atoms with Crippen LogP contribution < -0.4 is 0 Å². The Bertz CT molecular complexity index is 4990. The predicted molar refractivity (Wildman–Crippen MR) is 314 cm³/mol. The maximum atomic E-state index is 6.66. The van der Waals surface area contributed by atoms with Gasteiger partial charge in [-0.15, -0.1) is 11.3 Å². The lowest BCUT2D eigenvalue weighted by molar-refractivity contribution is 0.668. The van der Waals surface area contributed by atoms with Crippen molar-refractivity contribution in [2.45, 2.75) is 0 Å². The molecule has 11 aromatic carbocycles. The third kappa shape index (κ3) is 6.69. The summed E-state index contributed by atoms with van der Waals surface area (Å²) in [5, 5.41) is 9.03. The maximum Gasteiger partial charge on any atom is 0.164 e. The minimum atomic E-state index is 0.545. The molecule has 0 aliphatic carbocycles. The highest BCUT2D eigenvalue weighted by molar-refractivity contribution is 7.26. The fourth-order valence-electron chi connectivity index (χ4n) is 11.6. The van der Waals surface area contributed by atoms with Crippen LogP contribution in [0.5, 0.6) is 0 Å². The largest absolute Gasteiger partial charge is 0.456 e. The van der Waals surface area contributed by atoms with Crippen molar-refractivity contribution in [3.05, 3.63) is 243 Å². The Morgan fingerprint density at radius 1 is 0.289 bits per heavy atom. The quantitative estimate of drug-likeness (QED) is 0.159. The predicted octanol–water partition coefficient (Wildman–Crippen LogP) is 19.1. The van der Waals surface area contributed by atoms with E-state index < -0.39 is 0 Å². The average Bonchev–Trinajstić information content (AvgIpc) is 4.26. The standard InChI is InChI=1S/C69H40N4O2S/c1-4-16-41(17-5-1)52-39-46(40-61-64(52)50-23-11-13-27-58(50)75-61)68-70-67(42-18-6-2-7-19-42)71-69(72-68)51-25-14-28-60-65(51)54-36-43(31-34-59(54)74-60)44-32-35-62-55(37-44)66-48(24-15-29-63(66)76-62)45-30-33-57-53(38-45)49-22-10-12-26-56(49)73(57)47-20-8-3-9-21-47/h1-40H. The summed E-state index contributed by atoms with van der Waals surface area (Å²) in [7, 11) is 0. The highest BCUT2D eigenvalue weighted by atomic mass is 32.1. The van der Waals surface area contributed by atoms with E-state index in [4.69, 9.17) is 23.8 Å². The van der Waals surface area contributed by atoms with Crippen LogP contribution in [-0.2, 0) is 0 Å². The van der Waals surface area contributed by atoms with Crippen LogP contribution in [0.4, 0.5) is 0 Å². The van der Waals surface area contributed by atoms with E-state index in [1.54, 1.807) is 0 Å². The van der Waals surface area contributed by atoms with Gasteiger partial charge < -0.3 is 13.4 Å². The summed E-state index contributed by atoms with van der Waals surface area (Å²) in [5.41, 5.74) is 16.0. The number of thiophene rings is 1. The summed E-state index contributed by atoms with van der Waals surface area (Å²) in [6, 6.07) is 85.7. The Morgan fingerprint density at radius 3 is 1.72 bits per heavy atom. The minimum Gasteiger partial charge on any atom is -0.456 e. The van der Waals surface area contributed by atoms with Gasteiger partial charge in [0.05, 0.1) is 11.0 Å². The Morgan fingerprint density at radius 2 is 0.882 bits per heavy atom. The normalized spacial score (nSPS) is 11.9. The van der Waals surface area contributed by atoms with Crippen molar-refractivity contribution in [2.75, 3.05) is 0 Å². The molecule has 0 radical (unpaired) electrons. The van der Waals surface area contributed by atoms with Crippen LogP contribution in [0, 0.1) is 0 Å². The maximum absolute atomic E-state index is 6.66. The van der Waals surface area contributed by atoms with Gasteiger partial charge in [-0.2, -0.15) is 0 Å². The second-order valence-electron chi connectivity index (χ2n) is 19.4. The summed E-state index contributed by atoms with van der Waals surface area (Å²) in [5.74, 6) is 1.67. The molecule has 354 valence electrons. The highest BCUT2D eigenvalue weighted by Crippen LogP contribution is 2.46. The molecule has 7 heteroatoms. The number of fused-ring (bicyclic) bond motifs is 12. The molecule has 0 saturated heterocycles. The van der Waals surface area contributed by atoms with Gasteiger partial charge in [-0.1, -0.05) is 158 Å².